The number of carbonyl (C=O) groups is 2. The van der Waals surface area contributed by atoms with E-state index in [1.54, 1.807) is 0 Å². The highest BCUT2D eigenvalue weighted by Crippen LogP contribution is 2.23. The molecule has 0 aliphatic carbocycles. The average Bonchev–Trinajstić information content (AvgIpc) is 2.75. The zero-order valence-corrected chi connectivity index (χ0v) is 21.5. The van der Waals surface area contributed by atoms with Crippen molar-refractivity contribution in [3.05, 3.63) is 0 Å². The number of carbonyl (C=O) groups excluding carboxylic acids is 2. The van der Waals surface area contributed by atoms with Gasteiger partial charge in [-0.05, 0) is 18.8 Å². The molecular weight excluding hydrogens is 396 g/mol. The van der Waals surface area contributed by atoms with E-state index in [2.05, 4.69) is 6.92 Å². The van der Waals surface area contributed by atoms with Gasteiger partial charge in [-0.25, -0.2) is 0 Å². The molecule has 0 saturated heterocycles. The van der Waals surface area contributed by atoms with Gasteiger partial charge in [0.05, 0.1) is 0 Å². The normalized spacial score (nSPS) is 11.3. The van der Waals surface area contributed by atoms with E-state index in [1.807, 2.05) is 0 Å². The van der Waals surface area contributed by atoms with E-state index in [-0.39, 0.29) is 11.8 Å². The molecule has 0 aromatic heterocycles. The molecule has 4 N–H and O–H groups in total. The van der Waals surface area contributed by atoms with E-state index in [0.29, 0.717) is 12.8 Å². The minimum atomic E-state index is -0.159. The molecule has 2 amide bonds. The fourth-order valence-electron chi connectivity index (χ4n) is 4.78. The van der Waals surface area contributed by atoms with E-state index in [0.717, 1.165) is 31.6 Å². The van der Waals surface area contributed by atoms with Gasteiger partial charge in [0.2, 0.25) is 11.8 Å². The molecule has 0 radical (unpaired) electrons. The van der Waals surface area contributed by atoms with Gasteiger partial charge in [-0.2, -0.15) is 0 Å². The standard InChI is InChI=1S/C28H56N2O2/c1-2-21-26(22-17-13-9-5-3-7-11-15-19-24-27(29)31)23-18-14-10-6-4-8-12-16-20-25-28(30)32/h26H,2-25H2,1H3,(H2,29,31)(H2,30,32). The van der Waals surface area contributed by atoms with Crippen molar-refractivity contribution < 1.29 is 9.59 Å². The second-order valence-electron chi connectivity index (χ2n) is 10.0. The van der Waals surface area contributed by atoms with Crippen molar-refractivity contribution in [1.29, 1.82) is 0 Å². The van der Waals surface area contributed by atoms with Crippen LogP contribution in [0.3, 0.4) is 0 Å². The van der Waals surface area contributed by atoms with Crippen molar-refractivity contribution in [2.45, 2.75) is 161 Å². The van der Waals surface area contributed by atoms with Crippen LogP contribution in [-0.4, -0.2) is 11.8 Å². The Balaban J connectivity index is 3.44. The topological polar surface area (TPSA) is 86.2 Å². The quantitative estimate of drug-likeness (QED) is 0.130. The van der Waals surface area contributed by atoms with Crippen LogP contribution < -0.4 is 11.5 Å². The molecule has 4 heteroatoms. The molecule has 0 aliphatic heterocycles. The Bertz CT molecular complexity index is 390. The molecule has 4 nitrogen and oxygen atoms in total. The molecule has 0 rings (SSSR count). The lowest BCUT2D eigenvalue weighted by Gasteiger charge is -2.16. The van der Waals surface area contributed by atoms with Crippen molar-refractivity contribution in [2.75, 3.05) is 0 Å². The first-order valence-corrected chi connectivity index (χ1v) is 14.1. The Hall–Kier alpha value is -1.06. The van der Waals surface area contributed by atoms with Crippen molar-refractivity contribution in [3.63, 3.8) is 0 Å². The highest BCUT2D eigenvalue weighted by molar-refractivity contribution is 5.73. The largest absolute Gasteiger partial charge is 0.370 e. The van der Waals surface area contributed by atoms with Gasteiger partial charge in [-0.1, -0.05) is 135 Å². The molecule has 0 aromatic rings. The van der Waals surface area contributed by atoms with Crippen LogP contribution in [0.15, 0.2) is 0 Å². The lowest BCUT2D eigenvalue weighted by molar-refractivity contribution is -0.119. The van der Waals surface area contributed by atoms with Gasteiger partial charge >= 0.3 is 0 Å². The van der Waals surface area contributed by atoms with E-state index >= 15 is 0 Å². The number of nitrogens with two attached hydrogens (primary N) is 2. The summed E-state index contributed by atoms with van der Waals surface area (Å²) in [6.45, 7) is 2.33. The smallest absolute Gasteiger partial charge is 0.217 e. The first-order chi connectivity index (χ1) is 15.6. The van der Waals surface area contributed by atoms with Gasteiger partial charge in [0.15, 0.2) is 0 Å². The van der Waals surface area contributed by atoms with Crippen molar-refractivity contribution in [1.82, 2.24) is 0 Å². The number of hydrogen-bond acceptors (Lipinski definition) is 2. The Morgan fingerprint density at radius 2 is 0.750 bits per heavy atom. The second-order valence-corrected chi connectivity index (χ2v) is 10.0. The van der Waals surface area contributed by atoms with Crippen LogP contribution in [-0.2, 0) is 9.59 Å². The number of unbranched alkanes of at least 4 members (excludes halogenated alkanes) is 16. The van der Waals surface area contributed by atoms with Crippen LogP contribution in [0.1, 0.15) is 161 Å². The number of primary amides is 2. The predicted octanol–water partition coefficient (Wildman–Crippen LogP) is 7.96. The Morgan fingerprint density at radius 1 is 0.469 bits per heavy atom. The van der Waals surface area contributed by atoms with Gasteiger partial charge < -0.3 is 11.5 Å². The summed E-state index contributed by atoms with van der Waals surface area (Å²) in [6, 6.07) is 0. The number of rotatable bonds is 26. The lowest BCUT2D eigenvalue weighted by atomic mass is 9.90. The highest BCUT2D eigenvalue weighted by atomic mass is 16.1. The van der Waals surface area contributed by atoms with Crippen LogP contribution >= 0.6 is 0 Å². The third kappa shape index (κ3) is 25.2. The molecule has 0 unspecified atom stereocenters. The molecule has 0 aromatic carbocycles. The molecule has 0 spiro atoms. The summed E-state index contributed by atoms with van der Waals surface area (Å²) in [7, 11) is 0. The van der Waals surface area contributed by atoms with Crippen LogP contribution in [0, 0.1) is 5.92 Å². The monoisotopic (exact) mass is 452 g/mol. The minimum absolute atomic E-state index is 0.159. The first kappa shape index (κ1) is 30.9. The fourth-order valence-corrected chi connectivity index (χ4v) is 4.78. The van der Waals surface area contributed by atoms with Gasteiger partial charge in [-0.3, -0.25) is 9.59 Å². The predicted molar refractivity (Wildman–Crippen MR) is 138 cm³/mol. The molecule has 190 valence electrons. The highest BCUT2D eigenvalue weighted by Gasteiger charge is 2.07. The van der Waals surface area contributed by atoms with E-state index < -0.39 is 0 Å². The fraction of sp³-hybridized carbons (Fsp3) is 0.929. The van der Waals surface area contributed by atoms with Crippen molar-refractivity contribution in [3.8, 4) is 0 Å². The molecular formula is C28H56N2O2. The third-order valence-electron chi connectivity index (χ3n) is 6.77. The average molecular weight is 453 g/mol. The molecule has 0 aliphatic rings. The Labute approximate surface area is 200 Å². The third-order valence-corrected chi connectivity index (χ3v) is 6.77. The molecule has 0 fully saturated rings. The SMILES string of the molecule is CCCC(CCCCCCCCCCCC(N)=O)CCCCCCCCCCCC(N)=O. The summed E-state index contributed by atoms with van der Waals surface area (Å²) >= 11 is 0. The zero-order chi connectivity index (χ0) is 23.7. The molecule has 0 atom stereocenters. The number of hydrogen-bond donors (Lipinski definition) is 2. The van der Waals surface area contributed by atoms with Crippen LogP contribution in [0.4, 0.5) is 0 Å². The lowest BCUT2D eigenvalue weighted by Crippen LogP contribution is -2.09. The van der Waals surface area contributed by atoms with Gasteiger partial charge in [0, 0.05) is 12.8 Å². The molecule has 0 heterocycles. The van der Waals surface area contributed by atoms with Crippen LogP contribution in [0.2, 0.25) is 0 Å². The Morgan fingerprint density at radius 3 is 1.03 bits per heavy atom. The molecule has 0 saturated carbocycles. The maximum Gasteiger partial charge on any atom is 0.217 e. The molecule has 0 bridgehead atoms. The summed E-state index contributed by atoms with van der Waals surface area (Å²) < 4.78 is 0. The van der Waals surface area contributed by atoms with E-state index in [4.69, 9.17) is 11.5 Å². The van der Waals surface area contributed by atoms with E-state index in [9.17, 15) is 9.59 Å². The summed E-state index contributed by atoms with van der Waals surface area (Å²) in [4.78, 5) is 21.4. The maximum absolute atomic E-state index is 10.7. The number of amides is 2. The summed E-state index contributed by atoms with van der Waals surface area (Å²) in [6.07, 6.45) is 30.0. The van der Waals surface area contributed by atoms with Crippen LogP contribution in [0.5, 0.6) is 0 Å². The van der Waals surface area contributed by atoms with Crippen molar-refractivity contribution in [2.24, 2.45) is 17.4 Å². The van der Waals surface area contributed by atoms with Gasteiger partial charge in [0.25, 0.3) is 0 Å². The van der Waals surface area contributed by atoms with Crippen molar-refractivity contribution >= 4 is 11.8 Å². The summed E-state index contributed by atoms with van der Waals surface area (Å²) in [5.41, 5.74) is 10.3. The summed E-state index contributed by atoms with van der Waals surface area (Å²) in [5, 5.41) is 0. The summed E-state index contributed by atoms with van der Waals surface area (Å²) in [5.74, 6) is 0.635. The van der Waals surface area contributed by atoms with E-state index in [1.165, 1.54) is 116 Å². The maximum atomic E-state index is 10.7. The zero-order valence-electron chi connectivity index (χ0n) is 21.5. The minimum Gasteiger partial charge on any atom is -0.370 e. The van der Waals surface area contributed by atoms with Gasteiger partial charge in [0.1, 0.15) is 0 Å². The van der Waals surface area contributed by atoms with Gasteiger partial charge in [-0.15, -0.1) is 0 Å². The first-order valence-electron chi connectivity index (χ1n) is 14.1. The second kappa shape index (κ2) is 24.6. The molecule has 32 heavy (non-hydrogen) atoms. The Kier molecular flexibility index (Phi) is 23.8. The van der Waals surface area contributed by atoms with Crippen LogP contribution in [0.25, 0.3) is 0 Å².